The molecule has 0 fully saturated rings. The summed E-state index contributed by atoms with van der Waals surface area (Å²) in [5, 5.41) is 0. The van der Waals surface area contributed by atoms with Crippen LogP contribution in [0.3, 0.4) is 0 Å². The minimum atomic E-state index is -0.346. The summed E-state index contributed by atoms with van der Waals surface area (Å²) in [4.78, 5) is 10.9. The van der Waals surface area contributed by atoms with Gasteiger partial charge in [0.25, 0.3) is 0 Å². The predicted octanol–water partition coefficient (Wildman–Crippen LogP) is 5.20. The molecule has 0 aromatic carbocycles. The third-order valence-corrected chi connectivity index (χ3v) is 3.07. The third-order valence-electron chi connectivity index (χ3n) is 2.94. The first kappa shape index (κ1) is 17.5. The summed E-state index contributed by atoms with van der Waals surface area (Å²) < 4.78 is 4.94. The van der Waals surface area contributed by atoms with Crippen LogP contribution in [-0.4, -0.2) is 12.6 Å². The second-order valence-corrected chi connectivity index (χ2v) is 4.89. The van der Waals surface area contributed by atoms with E-state index in [1.165, 1.54) is 63.0 Å². The Bertz CT molecular complexity index is 215. The van der Waals surface area contributed by atoms with Crippen LogP contribution in [0.5, 0.6) is 0 Å². The number of carbonyl (C=O) groups excluding carboxylic acids is 1. The van der Waals surface area contributed by atoms with Gasteiger partial charge in [-0.1, -0.05) is 76.3 Å². The molecule has 0 saturated carbocycles. The van der Waals surface area contributed by atoms with Gasteiger partial charge in [-0.25, -0.2) is 4.79 Å². The Balaban J connectivity index is 3.05. The molecular weight excluding hydrogens is 248 g/mol. The van der Waals surface area contributed by atoms with Crippen molar-refractivity contribution in [1.82, 2.24) is 0 Å². The highest BCUT2D eigenvalue weighted by atomic mass is 35.5. The van der Waals surface area contributed by atoms with Crippen LogP contribution in [-0.2, 0) is 9.53 Å². The van der Waals surface area contributed by atoms with Gasteiger partial charge < -0.3 is 4.74 Å². The van der Waals surface area contributed by atoms with Gasteiger partial charge in [0.1, 0.15) is 0 Å². The molecule has 0 N–H and O–H groups in total. The zero-order valence-electron chi connectivity index (χ0n) is 11.6. The average Bonchev–Trinajstić information content (AvgIpc) is 2.36. The van der Waals surface area contributed by atoms with Gasteiger partial charge in [0.2, 0.25) is 0 Å². The topological polar surface area (TPSA) is 26.3 Å². The highest BCUT2D eigenvalue weighted by molar-refractivity contribution is 6.26. The lowest BCUT2D eigenvalue weighted by molar-refractivity contribution is -0.137. The number of ether oxygens (including phenoxy) is 1. The molecule has 0 aliphatic heterocycles. The normalized spacial score (nSPS) is 11.0. The van der Waals surface area contributed by atoms with Crippen molar-refractivity contribution in [1.29, 1.82) is 0 Å². The van der Waals surface area contributed by atoms with E-state index in [-0.39, 0.29) is 5.97 Å². The maximum Gasteiger partial charge on any atom is 0.331 e. The highest BCUT2D eigenvalue weighted by Crippen LogP contribution is 2.10. The van der Waals surface area contributed by atoms with Crippen LogP contribution in [0.15, 0.2) is 11.6 Å². The Morgan fingerprint density at radius 2 is 1.44 bits per heavy atom. The van der Waals surface area contributed by atoms with Crippen LogP contribution in [0, 0.1) is 0 Å². The number of rotatable bonds is 12. The van der Waals surface area contributed by atoms with E-state index in [1.54, 1.807) is 0 Å². The molecule has 0 spiro atoms. The Morgan fingerprint density at radius 3 is 1.94 bits per heavy atom. The lowest BCUT2D eigenvalue weighted by Crippen LogP contribution is -2.01. The summed E-state index contributed by atoms with van der Waals surface area (Å²) in [6, 6.07) is 0. The smallest absolute Gasteiger partial charge is 0.331 e. The fourth-order valence-electron chi connectivity index (χ4n) is 1.86. The molecule has 106 valence electrons. The van der Waals surface area contributed by atoms with Gasteiger partial charge in [-0.3, -0.25) is 0 Å². The second-order valence-electron chi connectivity index (χ2n) is 4.64. The average molecular weight is 275 g/mol. The van der Waals surface area contributed by atoms with Gasteiger partial charge >= 0.3 is 5.97 Å². The SMILES string of the molecule is CCCCCCCCCCCCOC(=O)C=CCl. The molecule has 0 aliphatic rings. The molecule has 0 saturated heterocycles. The van der Waals surface area contributed by atoms with Crippen LogP contribution in [0.25, 0.3) is 0 Å². The first-order chi connectivity index (χ1) is 8.81. The summed E-state index contributed by atoms with van der Waals surface area (Å²) in [5.74, 6) is -0.346. The van der Waals surface area contributed by atoms with Crippen molar-refractivity contribution in [3.05, 3.63) is 11.6 Å². The lowest BCUT2D eigenvalue weighted by Gasteiger charge is -2.03. The van der Waals surface area contributed by atoms with Gasteiger partial charge in [-0.15, -0.1) is 0 Å². The third kappa shape index (κ3) is 13.6. The highest BCUT2D eigenvalue weighted by Gasteiger charge is 1.96. The van der Waals surface area contributed by atoms with Gasteiger partial charge in [-0.2, -0.15) is 0 Å². The molecule has 0 bridgehead atoms. The maximum absolute atomic E-state index is 10.9. The molecule has 0 atom stereocenters. The molecule has 0 radical (unpaired) electrons. The van der Waals surface area contributed by atoms with E-state index in [4.69, 9.17) is 16.3 Å². The molecule has 0 heterocycles. The number of halogens is 1. The molecule has 18 heavy (non-hydrogen) atoms. The van der Waals surface area contributed by atoms with Gasteiger partial charge in [0, 0.05) is 11.6 Å². The summed E-state index contributed by atoms with van der Waals surface area (Å²) in [7, 11) is 0. The minimum absolute atomic E-state index is 0.346. The summed E-state index contributed by atoms with van der Waals surface area (Å²) >= 11 is 5.26. The Labute approximate surface area is 117 Å². The fraction of sp³-hybridized carbons (Fsp3) is 0.800. The molecule has 0 amide bonds. The first-order valence-electron chi connectivity index (χ1n) is 7.24. The van der Waals surface area contributed by atoms with E-state index in [9.17, 15) is 4.79 Å². The van der Waals surface area contributed by atoms with Crippen molar-refractivity contribution in [2.24, 2.45) is 0 Å². The van der Waals surface area contributed by atoms with Crippen LogP contribution in [0.4, 0.5) is 0 Å². The van der Waals surface area contributed by atoms with Crippen LogP contribution >= 0.6 is 11.6 Å². The van der Waals surface area contributed by atoms with Crippen molar-refractivity contribution >= 4 is 17.6 Å². The minimum Gasteiger partial charge on any atom is -0.463 e. The maximum atomic E-state index is 10.9. The molecule has 0 aromatic rings. The molecule has 3 heteroatoms. The quantitative estimate of drug-likeness (QED) is 0.278. The van der Waals surface area contributed by atoms with E-state index in [1.807, 2.05) is 0 Å². The first-order valence-corrected chi connectivity index (χ1v) is 7.68. The van der Waals surface area contributed by atoms with Crippen LogP contribution < -0.4 is 0 Å². The van der Waals surface area contributed by atoms with E-state index >= 15 is 0 Å². The fourth-order valence-corrected chi connectivity index (χ4v) is 1.96. The summed E-state index contributed by atoms with van der Waals surface area (Å²) in [6.45, 7) is 2.76. The number of esters is 1. The number of hydrogen-bond donors (Lipinski definition) is 0. The Kier molecular flexibility index (Phi) is 14.2. The summed E-state index contributed by atoms with van der Waals surface area (Å²) in [5.41, 5.74) is 1.18. The lowest BCUT2D eigenvalue weighted by atomic mass is 10.1. The Morgan fingerprint density at radius 1 is 0.944 bits per heavy atom. The molecule has 0 aromatic heterocycles. The number of hydrogen-bond acceptors (Lipinski definition) is 2. The zero-order valence-corrected chi connectivity index (χ0v) is 12.4. The van der Waals surface area contributed by atoms with Crippen molar-refractivity contribution < 1.29 is 9.53 Å². The zero-order chi connectivity index (χ0) is 13.5. The second kappa shape index (κ2) is 14.6. The molecule has 0 unspecified atom stereocenters. The van der Waals surface area contributed by atoms with Crippen molar-refractivity contribution in [3.63, 3.8) is 0 Å². The number of unbranched alkanes of at least 4 members (excludes halogenated alkanes) is 9. The standard InChI is InChI=1S/C15H27ClO2/c1-2-3-4-5-6-7-8-9-10-11-14-18-15(17)12-13-16/h12-13H,2-11,14H2,1H3. The Hall–Kier alpha value is -0.500. The van der Waals surface area contributed by atoms with E-state index < -0.39 is 0 Å². The molecule has 2 nitrogen and oxygen atoms in total. The van der Waals surface area contributed by atoms with Crippen molar-refractivity contribution in [2.45, 2.75) is 71.1 Å². The van der Waals surface area contributed by atoms with Gasteiger partial charge in [0.15, 0.2) is 0 Å². The van der Waals surface area contributed by atoms with Crippen molar-refractivity contribution in [2.75, 3.05) is 6.61 Å². The van der Waals surface area contributed by atoms with E-state index in [2.05, 4.69) is 6.92 Å². The molecule has 0 aliphatic carbocycles. The molecule has 0 rings (SSSR count). The number of carbonyl (C=O) groups is 1. The monoisotopic (exact) mass is 274 g/mol. The van der Waals surface area contributed by atoms with Gasteiger partial charge in [0.05, 0.1) is 6.61 Å². The van der Waals surface area contributed by atoms with Crippen LogP contribution in [0.1, 0.15) is 71.1 Å². The van der Waals surface area contributed by atoms with E-state index in [0.717, 1.165) is 12.8 Å². The van der Waals surface area contributed by atoms with Crippen LogP contribution in [0.2, 0.25) is 0 Å². The summed E-state index contributed by atoms with van der Waals surface area (Å²) in [6.07, 6.45) is 14.1. The van der Waals surface area contributed by atoms with Gasteiger partial charge in [-0.05, 0) is 6.42 Å². The van der Waals surface area contributed by atoms with E-state index in [0.29, 0.717) is 6.61 Å². The molecular formula is C15H27ClO2. The van der Waals surface area contributed by atoms with Crippen molar-refractivity contribution in [3.8, 4) is 0 Å². The predicted molar refractivity (Wildman–Crippen MR) is 77.8 cm³/mol. The largest absolute Gasteiger partial charge is 0.463 e.